The Bertz CT molecular complexity index is 1250. The van der Waals surface area contributed by atoms with E-state index < -0.39 is 0 Å². The van der Waals surface area contributed by atoms with Gasteiger partial charge in [0.2, 0.25) is 0 Å². The molecule has 0 aliphatic carbocycles. The van der Waals surface area contributed by atoms with Crippen LogP contribution < -0.4 is 10.2 Å². The lowest BCUT2D eigenvalue weighted by atomic mass is 9.96. The molecule has 0 spiro atoms. The van der Waals surface area contributed by atoms with E-state index in [0.717, 1.165) is 21.5 Å². The van der Waals surface area contributed by atoms with Crippen molar-refractivity contribution in [1.82, 2.24) is 14.9 Å². The molecule has 32 heavy (non-hydrogen) atoms. The number of benzene rings is 2. The summed E-state index contributed by atoms with van der Waals surface area (Å²) in [6.45, 7) is 4.34. The van der Waals surface area contributed by atoms with E-state index >= 15 is 0 Å². The van der Waals surface area contributed by atoms with E-state index in [1.165, 1.54) is 17.0 Å². The Labute approximate surface area is 202 Å². The van der Waals surface area contributed by atoms with E-state index in [9.17, 15) is 0 Å². The van der Waals surface area contributed by atoms with Crippen LogP contribution in [-0.4, -0.2) is 14.7 Å². The normalized spacial score (nSPS) is 18.1. The third-order valence-electron chi connectivity index (χ3n) is 6.01. The Morgan fingerprint density at radius 2 is 1.62 bits per heavy atom. The molecule has 1 fully saturated rings. The van der Waals surface area contributed by atoms with Crippen LogP contribution >= 0.6 is 28.1 Å². The molecule has 3 heterocycles. The van der Waals surface area contributed by atoms with Crippen LogP contribution in [-0.2, 0) is 0 Å². The Hall–Kier alpha value is -2.96. The van der Waals surface area contributed by atoms with E-state index in [1.54, 1.807) is 0 Å². The lowest BCUT2D eigenvalue weighted by molar-refractivity contribution is 0.565. The van der Waals surface area contributed by atoms with Gasteiger partial charge in [-0.05, 0) is 86.2 Å². The summed E-state index contributed by atoms with van der Waals surface area (Å²) in [6.07, 6.45) is 1.84. The average molecular weight is 503 g/mol. The summed E-state index contributed by atoms with van der Waals surface area (Å²) in [5.74, 6) is 0. The first-order valence-corrected chi connectivity index (χ1v) is 11.7. The summed E-state index contributed by atoms with van der Waals surface area (Å²) < 4.78 is 3.35. The molecule has 2 aromatic heterocycles. The Balaban J connectivity index is 1.68. The minimum absolute atomic E-state index is 0.0257. The second kappa shape index (κ2) is 8.52. The van der Waals surface area contributed by atoms with Gasteiger partial charge < -0.3 is 14.8 Å². The van der Waals surface area contributed by atoms with Crippen LogP contribution in [0.15, 0.2) is 89.5 Å². The minimum Gasteiger partial charge on any atom is -0.351 e. The quantitative estimate of drug-likeness (QED) is 0.326. The molecule has 160 valence electrons. The van der Waals surface area contributed by atoms with Crippen LogP contribution in [0.25, 0.3) is 5.69 Å². The number of nitrogens with zero attached hydrogens (tertiary/aromatic N) is 3. The van der Waals surface area contributed by atoms with Crippen molar-refractivity contribution in [2.45, 2.75) is 25.9 Å². The van der Waals surface area contributed by atoms with Gasteiger partial charge in [0.15, 0.2) is 5.11 Å². The lowest BCUT2D eigenvalue weighted by Gasteiger charge is -2.28. The zero-order valence-electron chi connectivity index (χ0n) is 17.9. The van der Waals surface area contributed by atoms with Gasteiger partial charge in [0.05, 0.1) is 17.8 Å². The summed E-state index contributed by atoms with van der Waals surface area (Å²) in [5, 5.41) is 4.26. The molecule has 6 heteroatoms. The predicted octanol–water partition coefficient (Wildman–Crippen LogP) is 6.43. The van der Waals surface area contributed by atoms with Crippen LogP contribution in [0.4, 0.5) is 5.69 Å². The van der Waals surface area contributed by atoms with Crippen molar-refractivity contribution in [3.8, 4) is 5.69 Å². The Morgan fingerprint density at radius 3 is 2.31 bits per heavy atom. The number of hydrogen-bond donors (Lipinski definition) is 1. The Morgan fingerprint density at radius 1 is 0.906 bits per heavy atom. The molecule has 4 nitrogen and oxygen atoms in total. The molecule has 0 amide bonds. The number of aryl methyl sites for hydroxylation is 1. The molecule has 4 aromatic rings. The number of aromatic nitrogens is 2. The van der Waals surface area contributed by atoms with Crippen molar-refractivity contribution < 1.29 is 0 Å². The second-order valence-electron chi connectivity index (χ2n) is 7.97. The minimum atomic E-state index is -0.0583. The fraction of sp³-hybridized carbons (Fsp3) is 0.154. The maximum absolute atomic E-state index is 5.85. The molecule has 1 saturated heterocycles. The molecule has 0 saturated carbocycles. The molecule has 2 atom stereocenters. The van der Waals surface area contributed by atoms with Gasteiger partial charge in [-0.15, -0.1) is 0 Å². The molecule has 0 bridgehead atoms. The third-order valence-corrected chi connectivity index (χ3v) is 6.85. The first kappa shape index (κ1) is 20.9. The average Bonchev–Trinajstić information content (AvgIpc) is 3.31. The summed E-state index contributed by atoms with van der Waals surface area (Å²) in [7, 11) is 0. The maximum Gasteiger partial charge on any atom is 0.174 e. The van der Waals surface area contributed by atoms with Gasteiger partial charge in [-0.25, -0.2) is 0 Å². The zero-order valence-corrected chi connectivity index (χ0v) is 20.3. The van der Waals surface area contributed by atoms with Gasteiger partial charge in [-0.2, -0.15) is 0 Å². The van der Waals surface area contributed by atoms with E-state index in [0.29, 0.717) is 5.11 Å². The third kappa shape index (κ3) is 3.63. The first-order chi connectivity index (χ1) is 15.5. The summed E-state index contributed by atoms with van der Waals surface area (Å²) in [5.41, 5.74) is 6.82. The van der Waals surface area contributed by atoms with Crippen LogP contribution in [0.2, 0.25) is 0 Å². The fourth-order valence-corrected chi connectivity index (χ4v) is 5.22. The van der Waals surface area contributed by atoms with Crippen molar-refractivity contribution in [3.63, 3.8) is 0 Å². The first-order valence-electron chi connectivity index (χ1n) is 10.5. The molecular formula is C26H23BrN4S. The van der Waals surface area contributed by atoms with Gasteiger partial charge in [-0.3, -0.25) is 4.98 Å². The van der Waals surface area contributed by atoms with Crippen molar-refractivity contribution >= 4 is 38.9 Å². The van der Waals surface area contributed by atoms with Crippen molar-refractivity contribution in [1.29, 1.82) is 0 Å². The van der Waals surface area contributed by atoms with Gasteiger partial charge in [0.25, 0.3) is 0 Å². The van der Waals surface area contributed by atoms with Crippen LogP contribution in [0.3, 0.4) is 0 Å². The smallest absolute Gasteiger partial charge is 0.174 e. The summed E-state index contributed by atoms with van der Waals surface area (Å²) >= 11 is 9.40. The fourth-order valence-electron chi connectivity index (χ4n) is 4.61. The summed E-state index contributed by atoms with van der Waals surface area (Å²) in [4.78, 5) is 6.89. The van der Waals surface area contributed by atoms with Crippen LogP contribution in [0, 0.1) is 13.8 Å². The zero-order chi connectivity index (χ0) is 22.2. The SMILES string of the molecule is Cc1cc([C@@H]2[C@H](c3ccccn3)NC(=S)N2c2ccc(Br)cc2)c(C)n1-c1ccccc1. The van der Waals surface area contributed by atoms with E-state index in [4.69, 9.17) is 12.2 Å². The van der Waals surface area contributed by atoms with E-state index in [2.05, 4.69) is 110 Å². The highest BCUT2D eigenvalue weighted by Gasteiger charge is 2.42. The number of hydrogen-bond acceptors (Lipinski definition) is 2. The standard InChI is InChI=1S/C26H23BrN4S/c1-17-16-22(18(2)30(17)20-8-4-3-5-9-20)25-24(23-10-6-7-15-28-23)29-26(32)31(25)21-13-11-19(27)12-14-21/h3-16,24-25H,1-2H3,(H,29,32)/t24-,25+/m0/s1. The largest absolute Gasteiger partial charge is 0.351 e. The lowest BCUT2D eigenvalue weighted by Crippen LogP contribution is -2.29. The van der Waals surface area contributed by atoms with Crippen molar-refractivity contribution in [3.05, 3.63) is 112 Å². The van der Waals surface area contributed by atoms with E-state index in [1.807, 2.05) is 24.4 Å². The number of rotatable bonds is 4. The number of nitrogens with one attached hydrogen (secondary N) is 1. The number of pyridine rings is 1. The molecule has 1 aliphatic heterocycles. The molecule has 5 rings (SSSR count). The highest BCUT2D eigenvalue weighted by molar-refractivity contribution is 9.10. The number of thiocarbonyl (C=S) groups is 1. The van der Waals surface area contributed by atoms with Crippen LogP contribution in [0.5, 0.6) is 0 Å². The van der Waals surface area contributed by atoms with Crippen LogP contribution in [0.1, 0.15) is 34.7 Å². The molecule has 2 aromatic carbocycles. The van der Waals surface area contributed by atoms with Gasteiger partial charge in [0, 0.05) is 33.4 Å². The highest BCUT2D eigenvalue weighted by atomic mass is 79.9. The molecular weight excluding hydrogens is 480 g/mol. The maximum atomic E-state index is 5.85. The summed E-state index contributed by atoms with van der Waals surface area (Å²) in [6, 6.07) is 27.0. The molecule has 1 aliphatic rings. The highest BCUT2D eigenvalue weighted by Crippen LogP contribution is 2.43. The monoisotopic (exact) mass is 502 g/mol. The second-order valence-corrected chi connectivity index (χ2v) is 9.27. The topological polar surface area (TPSA) is 33.1 Å². The molecule has 0 unspecified atom stereocenters. The molecule has 0 radical (unpaired) electrons. The van der Waals surface area contributed by atoms with Gasteiger partial charge in [0.1, 0.15) is 0 Å². The number of anilines is 1. The van der Waals surface area contributed by atoms with Gasteiger partial charge in [-0.1, -0.05) is 40.2 Å². The predicted molar refractivity (Wildman–Crippen MR) is 137 cm³/mol. The molecule has 1 N–H and O–H groups in total. The van der Waals surface area contributed by atoms with Gasteiger partial charge >= 0.3 is 0 Å². The number of halogens is 1. The Kier molecular flexibility index (Phi) is 5.57. The number of para-hydroxylation sites is 1. The van der Waals surface area contributed by atoms with E-state index in [-0.39, 0.29) is 12.1 Å². The van der Waals surface area contributed by atoms with Crippen molar-refractivity contribution in [2.75, 3.05) is 4.90 Å². The van der Waals surface area contributed by atoms with Crippen molar-refractivity contribution in [2.24, 2.45) is 0 Å².